The molecule has 3 aromatic rings. The summed E-state index contributed by atoms with van der Waals surface area (Å²) in [6.07, 6.45) is 2.62. The van der Waals surface area contributed by atoms with Gasteiger partial charge in [0, 0.05) is 54.3 Å². The third-order valence-electron chi connectivity index (χ3n) is 8.14. The van der Waals surface area contributed by atoms with Crippen molar-refractivity contribution in [3.63, 3.8) is 0 Å². The number of benzene rings is 2. The first-order valence-electron chi connectivity index (χ1n) is 14.3. The molecule has 3 amide bonds. The lowest BCUT2D eigenvalue weighted by Gasteiger charge is -2.45. The number of nitrogens with zero attached hydrogens (tertiary/aromatic N) is 4. The summed E-state index contributed by atoms with van der Waals surface area (Å²) in [4.78, 5) is 40.2. The van der Waals surface area contributed by atoms with Crippen molar-refractivity contribution >= 4 is 29.5 Å². The maximum atomic E-state index is 13.7. The molecule has 0 atom stereocenters. The van der Waals surface area contributed by atoms with E-state index in [-0.39, 0.29) is 23.3 Å². The van der Waals surface area contributed by atoms with Crippen LogP contribution in [0.3, 0.4) is 0 Å². The van der Waals surface area contributed by atoms with Crippen LogP contribution in [0, 0.1) is 0 Å². The molecule has 0 bridgehead atoms. The number of alkyl carbamates (subject to hydrolysis) is 1. The van der Waals surface area contributed by atoms with Crippen LogP contribution in [0.25, 0.3) is 11.4 Å². The summed E-state index contributed by atoms with van der Waals surface area (Å²) < 4.78 is 7.33. The second kappa shape index (κ2) is 11.8. The molecule has 0 radical (unpaired) electrons. The van der Waals surface area contributed by atoms with Gasteiger partial charge >= 0.3 is 6.09 Å². The number of carbonyl (C=O) groups is 3. The van der Waals surface area contributed by atoms with Crippen molar-refractivity contribution in [2.45, 2.75) is 70.1 Å². The Morgan fingerprint density at radius 3 is 2.45 bits per heavy atom. The van der Waals surface area contributed by atoms with Crippen molar-refractivity contribution < 1.29 is 19.1 Å². The standard InChI is InChI=1S/C31H37ClN6O4/c1-30(2,3)42-29(41)34-19-31(22-9-6-10-23(32)18-22)13-11-24(12-14-31)37-15-16-38-25(35-36-26(38)28(37)40)20-7-5-8-21(17-20)27(39)33-4/h5-10,17-18,24H,11-16,19H2,1-4H3,(H,33,39)(H,34,41). The van der Waals surface area contributed by atoms with Gasteiger partial charge in [-0.3, -0.25) is 9.59 Å². The normalized spacial score (nSPS) is 20.5. The van der Waals surface area contributed by atoms with Crippen LogP contribution < -0.4 is 10.6 Å². The third-order valence-corrected chi connectivity index (χ3v) is 8.37. The second-order valence-corrected chi connectivity index (χ2v) is 12.5. The van der Waals surface area contributed by atoms with E-state index in [0.29, 0.717) is 41.9 Å². The Kier molecular flexibility index (Phi) is 8.28. The number of halogens is 1. The molecule has 1 aliphatic heterocycles. The van der Waals surface area contributed by atoms with Gasteiger partial charge in [-0.2, -0.15) is 0 Å². The number of ether oxygens (including phenoxy) is 1. The number of amides is 3. The van der Waals surface area contributed by atoms with Gasteiger partial charge in [0.25, 0.3) is 11.8 Å². The predicted molar refractivity (Wildman–Crippen MR) is 160 cm³/mol. The maximum Gasteiger partial charge on any atom is 0.407 e. The zero-order chi connectivity index (χ0) is 30.1. The first-order chi connectivity index (χ1) is 20.0. The van der Waals surface area contributed by atoms with Crippen LogP contribution in [0.5, 0.6) is 0 Å². The monoisotopic (exact) mass is 592 g/mol. The molecule has 2 heterocycles. The predicted octanol–water partition coefficient (Wildman–Crippen LogP) is 4.82. The van der Waals surface area contributed by atoms with E-state index in [1.165, 1.54) is 0 Å². The molecular formula is C31H37ClN6O4. The van der Waals surface area contributed by atoms with Gasteiger partial charge < -0.3 is 24.8 Å². The molecule has 222 valence electrons. The Labute approximate surface area is 250 Å². The molecule has 1 aliphatic carbocycles. The van der Waals surface area contributed by atoms with Crippen molar-refractivity contribution in [2.75, 3.05) is 20.1 Å². The van der Waals surface area contributed by atoms with Gasteiger partial charge in [-0.15, -0.1) is 10.2 Å². The maximum absolute atomic E-state index is 13.7. The number of carbonyl (C=O) groups excluding carboxylic acids is 3. The molecular weight excluding hydrogens is 556 g/mol. The summed E-state index contributed by atoms with van der Waals surface area (Å²) in [5.74, 6) is 0.542. The molecule has 11 heteroatoms. The number of aromatic nitrogens is 3. The highest BCUT2D eigenvalue weighted by atomic mass is 35.5. The molecule has 2 N–H and O–H groups in total. The van der Waals surface area contributed by atoms with E-state index >= 15 is 0 Å². The summed E-state index contributed by atoms with van der Waals surface area (Å²) in [5.41, 5.74) is 1.39. The van der Waals surface area contributed by atoms with E-state index in [2.05, 4.69) is 26.9 Å². The number of nitrogens with one attached hydrogen (secondary N) is 2. The molecule has 42 heavy (non-hydrogen) atoms. The molecule has 0 saturated heterocycles. The molecule has 5 rings (SSSR count). The summed E-state index contributed by atoms with van der Waals surface area (Å²) in [6.45, 7) is 7.03. The Morgan fingerprint density at radius 2 is 1.76 bits per heavy atom. The van der Waals surface area contributed by atoms with Gasteiger partial charge in [-0.1, -0.05) is 35.9 Å². The molecule has 0 unspecified atom stereocenters. The quantitative estimate of drug-likeness (QED) is 0.424. The van der Waals surface area contributed by atoms with Crippen LogP contribution in [0.4, 0.5) is 4.79 Å². The largest absolute Gasteiger partial charge is 0.444 e. The number of rotatable bonds is 6. The fraction of sp³-hybridized carbons (Fsp3) is 0.452. The zero-order valence-electron chi connectivity index (χ0n) is 24.4. The van der Waals surface area contributed by atoms with Gasteiger partial charge in [-0.25, -0.2) is 4.79 Å². The van der Waals surface area contributed by atoms with Crippen LogP contribution in [-0.4, -0.2) is 69.4 Å². The van der Waals surface area contributed by atoms with E-state index in [4.69, 9.17) is 16.3 Å². The lowest BCUT2D eigenvalue weighted by Crippen LogP contribution is -2.51. The fourth-order valence-corrected chi connectivity index (χ4v) is 6.22. The smallest absolute Gasteiger partial charge is 0.407 e. The summed E-state index contributed by atoms with van der Waals surface area (Å²) in [6, 6.07) is 15.0. The van der Waals surface area contributed by atoms with E-state index in [9.17, 15) is 14.4 Å². The van der Waals surface area contributed by atoms with Crippen LogP contribution in [0.1, 0.15) is 73.0 Å². The summed E-state index contributed by atoms with van der Waals surface area (Å²) in [7, 11) is 1.59. The van der Waals surface area contributed by atoms with Gasteiger partial charge in [0.05, 0.1) is 0 Å². The first kappa shape index (κ1) is 29.6. The first-order valence-corrected chi connectivity index (χ1v) is 14.7. The van der Waals surface area contributed by atoms with Gasteiger partial charge in [0.2, 0.25) is 5.82 Å². The third kappa shape index (κ3) is 6.13. The average molecular weight is 593 g/mol. The molecule has 0 spiro atoms. The van der Waals surface area contributed by atoms with E-state index in [0.717, 1.165) is 36.8 Å². The van der Waals surface area contributed by atoms with E-state index < -0.39 is 11.7 Å². The van der Waals surface area contributed by atoms with Crippen molar-refractivity contribution in [1.29, 1.82) is 0 Å². The topological polar surface area (TPSA) is 118 Å². The number of hydrogen-bond acceptors (Lipinski definition) is 6. The van der Waals surface area contributed by atoms with Crippen LogP contribution >= 0.6 is 11.6 Å². The highest BCUT2D eigenvalue weighted by Gasteiger charge is 2.42. The highest BCUT2D eigenvalue weighted by Crippen LogP contribution is 2.42. The number of hydrogen-bond donors (Lipinski definition) is 2. The Hall–Kier alpha value is -3.92. The SMILES string of the molecule is CNC(=O)c1cccc(-c2nnc3n2CCN(C2CCC(CNC(=O)OC(C)(C)C)(c4cccc(Cl)c4)CC2)C3=O)c1. The van der Waals surface area contributed by atoms with Crippen molar-refractivity contribution in [3.8, 4) is 11.4 Å². The van der Waals surface area contributed by atoms with Gasteiger partial charge in [0.15, 0.2) is 5.82 Å². The minimum absolute atomic E-state index is 0.0387. The van der Waals surface area contributed by atoms with Crippen LogP contribution in [0.2, 0.25) is 5.02 Å². The van der Waals surface area contributed by atoms with Crippen molar-refractivity contribution in [3.05, 3.63) is 70.5 Å². The molecule has 1 saturated carbocycles. The summed E-state index contributed by atoms with van der Waals surface area (Å²) in [5, 5.41) is 14.9. The molecule has 2 aromatic carbocycles. The fourth-order valence-electron chi connectivity index (χ4n) is 6.02. The molecule has 10 nitrogen and oxygen atoms in total. The minimum Gasteiger partial charge on any atom is -0.444 e. The minimum atomic E-state index is -0.590. The Balaban J connectivity index is 1.31. The Bertz CT molecular complexity index is 1490. The van der Waals surface area contributed by atoms with Gasteiger partial charge in [0.1, 0.15) is 5.60 Å². The number of fused-ring (bicyclic) bond motifs is 1. The van der Waals surface area contributed by atoms with E-state index in [1.54, 1.807) is 25.2 Å². The summed E-state index contributed by atoms with van der Waals surface area (Å²) >= 11 is 6.37. The molecule has 1 aromatic heterocycles. The Morgan fingerprint density at radius 1 is 1.05 bits per heavy atom. The molecule has 1 fully saturated rings. The lowest BCUT2D eigenvalue weighted by molar-refractivity contribution is 0.0470. The highest BCUT2D eigenvalue weighted by molar-refractivity contribution is 6.30. The molecule has 2 aliphatic rings. The lowest BCUT2D eigenvalue weighted by atomic mass is 9.67. The zero-order valence-corrected chi connectivity index (χ0v) is 25.2. The van der Waals surface area contributed by atoms with Crippen molar-refractivity contribution in [1.82, 2.24) is 30.3 Å². The van der Waals surface area contributed by atoms with E-state index in [1.807, 2.05) is 54.5 Å². The van der Waals surface area contributed by atoms with Crippen molar-refractivity contribution in [2.24, 2.45) is 0 Å². The van der Waals surface area contributed by atoms with Gasteiger partial charge in [-0.05, 0) is 76.3 Å². The van der Waals surface area contributed by atoms with Crippen LogP contribution in [0.15, 0.2) is 48.5 Å². The van der Waals surface area contributed by atoms with Crippen LogP contribution in [-0.2, 0) is 16.7 Å². The second-order valence-electron chi connectivity index (χ2n) is 12.0. The average Bonchev–Trinajstić information content (AvgIpc) is 3.41.